The lowest BCUT2D eigenvalue weighted by Gasteiger charge is -2.20. The Balaban J connectivity index is 1.92. The minimum Gasteiger partial charge on any atom is -0.387 e. The molecule has 0 bridgehead atoms. The van der Waals surface area contributed by atoms with Gasteiger partial charge in [0.15, 0.2) is 0 Å². The van der Waals surface area contributed by atoms with E-state index in [1.807, 2.05) is 62.5 Å². The summed E-state index contributed by atoms with van der Waals surface area (Å²) in [5, 5.41) is 10.2. The molecule has 100 valence electrons. The molecule has 0 saturated carbocycles. The summed E-state index contributed by atoms with van der Waals surface area (Å²) in [6.07, 6.45) is -0.462. The lowest BCUT2D eigenvalue weighted by atomic mass is 10.1. The number of nitrogens with zero attached hydrogens (tertiary/aromatic N) is 2. The van der Waals surface area contributed by atoms with Crippen molar-refractivity contribution in [2.24, 2.45) is 0 Å². The number of benzene rings is 1. The molecule has 1 aromatic heterocycles. The summed E-state index contributed by atoms with van der Waals surface area (Å²) < 4.78 is 0. The van der Waals surface area contributed by atoms with Crippen molar-refractivity contribution in [3.63, 3.8) is 0 Å². The normalized spacial score (nSPS) is 12.6. The molecule has 1 N–H and O–H groups in total. The minimum absolute atomic E-state index is 0.462. The van der Waals surface area contributed by atoms with Gasteiger partial charge in [-0.15, -0.1) is 0 Å². The maximum atomic E-state index is 10.2. The van der Waals surface area contributed by atoms with Crippen molar-refractivity contribution in [2.75, 3.05) is 13.6 Å². The molecule has 2 rings (SSSR count). The molecule has 2 aromatic rings. The maximum absolute atomic E-state index is 10.2. The third-order valence-electron chi connectivity index (χ3n) is 3.05. The van der Waals surface area contributed by atoms with Crippen LogP contribution < -0.4 is 0 Å². The Morgan fingerprint density at radius 1 is 1.11 bits per heavy atom. The average Bonchev–Trinajstić information content (AvgIpc) is 2.39. The topological polar surface area (TPSA) is 36.4 Å². The zero-order valence-corrected chi connectivity index (χ0v) is 11.5. The molecule has 0 fully saturated rings. The van der Waals surface area contributed by atoms with Gasteiger partial charge in [-0.25, -0.2) is 0 Å². The molecule has 0 spiro atoms. The summed E-state index contributed by atoms with van der Waals surface area (Å²) in [6.45, 7) is 3.33. The molecular formula is C16H20N2O. The Morgan fingerprint density at radius 3 is 2.53 bits per heavy atom. The minimum atomic E-state index is -0.462. The van der Waals surface area contributed by atoms with Gasteiger partial charge in [0.05, 0.1) is 11.8 Å². The van der Waals surface area contributed by atoms with Crippen molar-refractivity contribution < 1.29 is 5.11 Å². The van der Waals surface area contributed by atoms with Crippen LogP contribution in [0.15, 0.2) is 48.5 Å². The van der Waals surface area contributed by atoms with Crippen LogP contribution in [0.4, 0.5) is 0 Å². The number of rotatable bonds is 5. The Bertz CT molecular complexity index is 513. The van der Waals surface area contributed by atoms with Gasteiger partial charge in [0, 0.05) is 18.8 Å². The molecule has 0 aliphatic carbocycles. The molecule has 1 heterocycles. The number of aliphatic hydroxyl groups is 1. The third kappa shape index (κ3) is 4.16. The van der Waals surface area contributed by atoms with E-state index in [-0.39, 0.29) is 0 Å². The summed E-state index contributed by atoms with van der Waals surface area (Å²) in [7, 11) is 2.00. The van der Waals surface area contributed by atoms with Crippen LogP contribution in [0.2, 0.25) is 0 Å². The van der Waals surface area contributed by atoms with Gasteiger partial charge in [0.2, 0.25) is 0 Å². The number of likely N-dealkylation sites (N-methyl/N-ethyl adjacent to an activating group) is 1. The van der Waals surface area contributed by atoms with Crippen molar-refractivity contribution in [1.82, 2.24) is 9.88 Å². The van der Waals surface area contributed by atoms with Gasteiger partial charge in [-0.1, -0.05) is 36.4 Å². The molecule has 0 radical (unpaired) electrons. The standard InChI is InChI=1S/C16H20N2O/c1-13-7-6-10-15(17-13)11-18(2)12-16(19)14-8-4-3-5-9-14/h3-10,16,19H,11-12H2,1-2H3. The second kappa shape index (κ2) is 6.45. The summed E-state index contributed by atoms with van der Waals surface area (Å²) in [6, 6.07) is 15.8. The van der Waals surface area contributed by atoms with E-state index in [4.69, 9.17) is 0 Å². The average molecular weight is 256 g/mol. The lowest BCUT2D eigenvalue weighted by Crippen LogP contribution is -2.24. The summed E-state index contributed by atoms with van der Waals surface area (Å²) in [4.78, 5) is 6.55. The van der Waals surface area contributed by atoms with E-state index in [1.165, 1.54) is 0 Å². The van der Waals surface area contributed by atoms with Crippen molar-refractivity contribution in [1.29, 1.82) is 0 Å². The molecular weight excluding hydrogens is 236 g/mol. The second-order valence-corrected chi connectivity index (χ2v) is 4.89. The molecule has 3 heteroatoms. The number of hydrogen-bond donors (Lipinski definition) is 1. The van der Waals surface area contributed by atoms with Crippen LogP contribution in [-0.4, -0.2) is 28.6 Å². The van der Waals surface area contributed by atoms with Crippen molar-refractivity contribution in [2.45, 2.75) is 19.6 Å². The molecule has 0 aliphatic heterocycles. The molecule has 19 heavy (non-hydrogen) atoms. The van der Waals surface area contributed by atoms with E-state index in [9.17, 15) is 5.11 Å². The van der Waals surface area contributed by atoms with E-state index in [0.29, 0.717) is 6.54 Å². The van der Waals surface area contributed by atoms with Gasteiger partial charge in [0.25, 0.3) is 0 Å². The smallest absolute Gasteiger partial charge is 0.0916 e. The van der Waals surface area contributed by atoms with Gasteiger partial charge in [-0.2, -0.15) is 0 Å². The largest absolute Gasteiger partial charge is 0.387 e. The van der Waals surface area contributed by atoms with E-state index in [2.05, 4.69) is 9.88 Å². The summed E-state index contributed by atoms with van der Waals surface area (Å²) in [5.41, 5.74) is 3.00. The highest BCUT2D eigenvalue weighted by Crippen LogP contribution is 2.14. The highest BCUT2D eigenvalue weighted by atomic mass is 16.3. The Labute approximate surface area is 114 Å². The van der Waals surface area contributed by atoms with Crippen LogP contribution in [0.5, 0.6) is 0 Å². The number of aromatic nitrogens is 1. The number of hydrogen-bond acceptors (Lipinski definition) is 3. The predicted octanol–water partition coefficient (Wildman–Crippen LogP) is 2.56. The van der Waals surface area contributed by atoms with E-state index >= 15 is 0 Å². The first kappa shape index (κ1) is 13.7. The van der Waals surface area contributed by atoms with Crippen LogP contribution in [0, 0.1) is 6.92 Å². The van der Waals surface area contributed by atoms with Crippen LogP contribution in [0.3, 0.4) is 0 Å². The third-order valence-corrected chi connectivity index (χ3v) is 3.05. The number of aryl methyl sites for hydroxylation is 1. The number of pyridine rings is 1. The van der Waals surface area contributed by atoms with E-state index in [0.717, 1.165) is 23.5 Å². The molecule has 3 nitrogen and oxygen atoms in total. The molecule has 1 unspecified atom stereocenters. The molecule has 0 aliphatic rings. The van der Waals surface area contributed by atoms with Gasteiger partial charge in [0.1, 0.15) is 0 Å². The fourth-order valence-electron chi connectivity index (χ4n) is 2.10. The predicted molar refractivity (Wildman–Crippen MR) is 76.7 cm³/mol. The van der Waals surface area contributed by atoms with Crippen LogP contribution in [-0.2, 0) is 6.54 Å². The SMILES string of the molecule is Cc1cccc(CN(C)CC(O)c2ccccc2)n1. The molecule has 1 atom stereocenters. The Kier molecular flexibility index (Phi) is 4.66. The van der Waals surface area contributed by atoms with E-state index in [1.54, 1.807) is 0 Å². The molecule has 1 aromatic carbocycles. The maximum Gasteiger partial charge on any atom is 0.0916 e. The highest BCUT2D eigenvalue weighted by Gasteiger charge is 2.10. The second-order valence-electron chi connectivity index (χ2n) is 4.89. The molecule has 0 amide bonds. The Hall–Kier alpha value is -1.71. The first-order valence-corrected chi connectivity index (χ1v) is 6.49. The molecule has 0 saturated heterocycles. The van der Waals surface area contributed by atoms with Crippen molar-refractivity contribution in [3.8, 4) is 0 Å². The first-order chi connectivity index (χ1) is 9.15. The lowest BCUT2D eigenvalue weighted by molar-refractivity contribution is 0.123. The fourth-order valence-corrected chi connectivity index (χ4v) is 2.10. The van der Waals surface area contributed by atoms with Crippen molar-refractivity contribution >= 4 is 0 Å². The summed E-state index contributed by atoms with van der Waals surface area (Å²) in [5.74, 6) is 0. The van der Waals surface area contributed by atoms with Gasteiger partial charge >= 0.3 is 0 Å². The first-order valence-electron chi connectivity index (χ1n) is 6.49. The van der Waals surface area contributed by atoms with E-state index < -0.39 is 6.10 Å². The van der Waals surface area contributed by atoms with Gasteiger partial charge < -0.3 is 5.11 Å². The highest BCUT2D eigenvalue weighted by molar-refractivity contribution is 5.17. The van der Waals surface area contributed by atoms with Gasteiger partial charge in [-0.05, 0) is 31.7 Å². The zero-order chi connectivity index (χ0) is 13.7. The van der Waals surface area contributed by atoms with Crippen molar-refractivity contribution in [3.05, 3.63) is 65.5 Å². The Morgan fingerprint density at radius 2 is 1.84 bits per heavy atom. The van der Waals surface area contributed by atoms with Crippen LogP contribution in [0.25, 0.3) is 0 Å². The number of aliphatic hydroxyl groups excluding tert-OH is 1. The fraction of sp³-hybridized carbons (Fsp3) is 0.312. The quantitative estimate of drug-likeness (QED) is 0.893. The van der Waals surface area contributed by atoms with Crippen LogP contribution >= 0.6 is 0 Å². The zero-order valence-electron chi connectivity index (χ0n) is 11.5. The van der Waals surface area contributed by atoms with Gasteiger partial charge in [-0.3, -0.25) is 9.88 Å². The summed E-state index contributed by atoms with van der Waals surface area (Å²) >= 11 is 0. The monoisotopic (exact) mass is 256 g/mol. The van der Waals surface area contributed by atoms with Crippen LogP contribution in [0.1, 0.15) is 23.1 Å².